The van der Waals surface area contributed by atoms with Crippen molar-refractivity contribution in [3.8, 4) is 0 Å². The second-order valence-corrected chi connectivity index (χ2v) is 6.72. The lowest BCUT2D eigenvalue weighted by Gasteiger charge is -2.23. The Bertz CT molecular complexity index is 834. The van der Waals surface area contributed by atoms with Gasteiger partial charge in [-0.25, -0.2) is 4.68 Å². The first kappa shape index (κ1) is 14.7. The molecule has 0 aliphatic carbocycles. The number of benzene rings is 1. The molecule has 1 N–H and O–H groups in total. The number of anilines is 2. The number of nitrogens with one attached hydrogen (secondary N) is 1. The molecule has 1 aliphatic heterocycles. The number of nitrogens with zero attached hydrogens (tertiary/aromatic N) is 4. The lowest BCUT2D eigenvalue weighted by atomic mass is 10.2. The van der Waals surface area contributed by atoms with Crippen molar-refractivity contribution in [3.05, 3.63) is 35.1 Å². The molecule has 1 unspecified atom stereocenters. The van der Waals surface area contributed by atoms with E-state index in [1.54, 1.807) is 10.9 Å². The van der Waals surface area contributed by atoms with E-state index in [1.165, 1.54) is 6.42 Å². The van der Waals surface area contributed by atoms with Crippen LogP contribution in [-0.4, -0.2) is 26.2 Å². The largest absolute Gasteiger partial charge is 0.356 e. The standard InChI is InChI=1S/C16H18BrN5O/c1-21-10-12(9-18-21)19-16-13-6-5-11(17)8-14(13)22(20-16)15-4-2-3-7-23-15/h5-6,8-10,15H,2-4,7H2,1H3,(H,19,20). The topological polar surface area (TPSA) is 56.9 Å². The lowest BCUT2D eigenvalue weighted by Crippen LogP contribution is -2.19. The highest BCUT2D eigenvalue weighted by atomic mass is 79.9. The molecule has 2 aromatic heterocycles. The smallest absolute Gasteiger partial charge is 0.160 e. The van der Waals surface area contributed by atoms with Crippen LogP contribution in [-0.2, 0) is 11.8 Å². The van der Waals surface area contributed by atoms with E-state index in [2.05, 4.69) is 38.5 Å². The zero-order chi connectivity index (χ0) is 15.8. The quantitative estimate of drug-likeness (QED) is 0.752. The van der Waals surface area contributed by atoms with Gasteiger partial charge in [0.1, 0.15) is 0 Å². The summed E-state index contributed by atoms with van der Waals surface area (Å²) in [4.78, 5) is 0. The summed E-state index contributed by atoms with van der Waals surface area (Å²) in [6.07, 6.45) is 7.02. The van der Waals surface area contributed by atoms with Crippen LogP contribution in [0, 0.1) is 0 Å². The van der Waals surface area contributed by atoms with Gasteiger partial charge >= 0.3 is 0 Å². The summed E-state index contributed by atoms with van der Waals surface area (Å²) >= 11 is 3.55. The fraction of sp³-hybridized carbons (Fsp3) is 0.375. The Morgan fingerprint density at radius 1 is 1.35 bits per heavy atom. The van der Waals surface area contributed by atoms with E-state index in [9.17, 15) is 0 Å². The van der Waals surface area contributed by atoms with Gasteiger partial charge in [0.05, 0.1) is 17.4 Å². The minimum atomic E-state index is 0.00463. The van der Waals surface area contributed by atoms with E-state index >= 15 is 0 Å². The van der Waals surface area contributed by atoms with Crippen LogP contribution in [0.2, 0.25) is 0 Å². The third-order valence-corrected chi connectivity index (χ3v) is 4.56. The van der Waals surface area contributed by atoms with Gasteiger partial charge in [-0.05, 0) is 37.5 Å². The highest BCUT2D eigenvalue weighted by Crippen LogP contribution is 2.33. The van der Waals surface area contributed by atoms with Crippen molar-refractivity contribution in [2.24, 2.45) is 7.05 Å². The molecule has 23 heavy (non-hydrogen) atoms. The molecule has 7 heteroatoms. The van der Waals surface area contributed by atoms with Crippen LogP contribution in [0.3, 0.4) is 0 Å². The molecule has 1 fully saturated rings. The average molecular weight is 376 g/mol. The molecule has 6 nitrogen and oxygen atoms in total. The van der Waals surface area contributed by atoms with E-state index in [-0.39, 0.29) is 6.23 Å². The first-order valence-electron chi connectivity index (χ1n) is 7.76. The predicted molar refractivity (Wildman–Crippen MR) is 92.8 cm³/mol. The molecule has 3 aromatic rings. The van der Waals surface area contributed by atoms with Crippen LogP contribution in [0.15, 0.2) is 35.1 Å². The molecule has 1 aliphatic rings. The maximum absolute atomic E-state index is 5.92. The second kappa shape index (κ2) is 5.98. The van der Waals surface area contributed by atoms with Crippen LogP contribution < -0.4 is 5.32 Å². The molecule has 3 heterocycles. The Hall–Kier alpha value is -1.86. The van der Waals surface area contributed by atoms with Crippen LogP contribution in [0.5, 0.6) is 0 Å². The number of hydrogen-bond donors (Lipinski definition) is 1. The van der Waals surface area contributed by atoms with E-state index in [1.807, 2.05) is 24.0 Å². The molecule has 120 valence electrons. The molecule has 0 radical (unpaired) electrons. The molecular weight excluding hydrogens is 358 g/mol. The molecule has 1 aromatic carbocycles. The molecule has 0 saturated carbocycles. The molecule has 0 spiro atoms. The molecule has 0 bridgehead atoms. The van der Waals surface area contributed by atoms with Gasteiger partial charge in [-0.1, -0.05) is 15.9 Å². The summed E-state index contributed by atoms with van der Waals surface area (Å²) in [5.41, 5.74) is 1.99. The van der Waals surface area contributed by atoms with Gasteiger partial charge < -0.3 is 10.1 Å². The summed E-state index contributed by atoms with van der Waals surface area (Å²) in [5, 5.41) is 13.4. The molecule has 0 amide bonds. The van der Waals surface area contributed by atoms with Crippen LogP contribution in [0.25, 0.3) is 10.9 Å². The first-order valence-corrected chi connectivity index (χ1v) is 8.55. The second-order valence-electron chi connectivity index (χ2n) is 5.80. The Balaban J connectivity index is 1.77. The van der Waals surface area contributed by atoms with Gasteiger partial charge in [-0.3, -0.25) is 4.68 Å². The van der Waals surface area contributed by atoms with Crippen LogP contribution >= 0.6 is 15.9 Å². The van der Waals surface area contributed by atoms with Crippen molar-refractivity contribution in [2.75, 3.05) is 11.9 Å². The fourth-order valence-corrected chi connectivity index (χ4v) is 3.31. The summed E-state index contributed by atoms with van der Waals surface area (Å²) in [7, 11) is 1.90. The normalized spacial score (nSPS) is 18.4. The monoisotopic (exact) mass is 375 g/mol. The van der Waals surface area contributed by atoms with Gasteiger partial charge in [0, 0.05) is 29.7 Å². The van der Waals surface area contributed by atoms with E-state index < -0.39 is 0 Å². The minimum Gasteiger partial charge on any atom is -0.356 e. The number of rotatable bonds is 3. The fourth-order valence-electron chi connectivity index (χ4n) is 2.96. The Labute approximate surface area is 142 Å². The van der Waals surface area contributed by atoms with Gasteiger partial charge in [0.25, 0.3) is 0 Å². The van der Waals surface area contributed by atoms with Crippen molar-refractivity contribution in [2.45, 2.75) is 25.5 Å². The lowest BCUT2D eigenvalue weighted by molar-refractivity contribution is -0.0365. The summed E-state index contributed by atoms with van der Waals surface area (Å²) < 4.78 is 10.7. The Morgan fingerprint density at radius 2 is 2.26 bits per heavy atom. The molecular formula is C16H18BrN5O. The maximum atomic E-state index is 5.92. The minimum absolute atomic E-state index is 0.00463. The molecule has 1 atom stereocenters. The van der Waals surface area contributed by atoms with Crippen molar-refractivity contribution in [3.63, 3.8) is 0 Å². The van der Waals surface area contributed by atoms with Crippen molar-refractivity contribution < 1.29 is 4.74 Å². The highest BCUT2D eigenvalue weighted by Gasteiger charge is 2.21. The summed E-state index contributed by atoms with van der Waals surface area (Å²) in [6, 6.07) is 6.20. The van der Waals surface area contributed by atoms with Gasteiger partial charge in [0.15, 0.2) is 12.0 Å². The zero-order valence-electron chi connectivity index (χ0n) is 12.9. The number of aromatic nitrogens is 4. The highest BCUT2D eigenvalue weighted by molar-refractivity contribution is 9.10. The van der Waals surface area contributed by atoms with E-state index in [0.717, 1.165) is 46.3 Å². The maximum Gasteiger partial charge on any atom is 0.160 e. The van der Waals surface area contributed by atoms with E-state index in [4.69, 9.17) is 9.84 Å². The van der Waals surface area contributed by atoms with Crippen LogP contribution in [0.4, 0.5) is 11.5 Å². The number of ether oxygens (including phenoxy) is 1. The summed E-state index contributed by atoms with van der Waals surface area (Å²) in [6.45, 7) is 0.797. The average Bonchev–Trinajstić information content (AvgIpc) is 3.12. The first-order chi connectivity index (χ1) is 11.2. The van der Waals surface area contributed by atoms with Gasteiger partial charge in [0.2, 0.25) is 0 Å². The van der Waals surface area contributed by atoms with Crippen LogP contribution in [0.1, 0.15) is 25.5 Å². The Morgan fingerprint density at radius 3 is 3.00 bits per heavy atom. The third kappa shape index (κ3) is 2.86. The van der Waals surface area contributed by atoms with Crippen molar-refractivity contribution in [1.29, 1.82) is 0 Å². The van der Waals surface area contributed by atoms with Crippen molar-refractivity contribution >= 4 is 38.3 Å². The SMILES string of the molecule is Cn1cc(Nc2nn(C3CCCCO3)c3cc(Br)ccc23)cn1. The molecule has 4 rings (SSSR count). The third-order valence-electron chi connectivity index (χ3n) is 4.07. The number of halogens is 1. The zero-order valence-corrected chi connectivity index (χ0v) is 14.5. The van der Waals surface area contributed by atoms with E-state index in [0.29, 0.717) is 0 Å². The van der Waals surface area contributed by atoms with Crippen molar-refractivity contribution in [1.82, 2.24) is 19.6 Å². The molecule has 1 saturated heterocycles. The summed E-state index contributed by atoms with van der Waals surface area (Å²) in [5.74, 6) is 0.828. The van der Waals surface area contributed by atoms with Gasteiger partial charge in [-0.15, -0.1) is 0 Å². The Kier molecular flexibility index (Phi) is 3.82. The number of aryl methyl sites for hydroxylation is 1. The predicted octanol–water partition coefficient (Wildman–Crippen LogP) is 3.98. The number of hydrogen-bond acceptors (Lipinski definition) is 4. The van der Waals surface area contributed by atoms with Gasteiger partial charge in [-0.2, -0.15) is 10.2 Å². The number of fused-ring (bicyclic) bond motifs is 1.